The zero-order valence-electron chi connectivity index (χ0n) is 13.8. The second-order valence-corrected chi connectivity index (χ2v) is 6.05. The molecule has 0 bridgehead atoms. The molecular formula is C16H24N6O. The lowest BCUT2D eigenvalue weighted by Crippen LogP contribution is -2.38. The summed E-state index contributed by atoms with van der Waals surface area (Å²) in [6, 6.07) is 9.14. The molecule has 0 saturated carbocycles. The van der Waals surface area contributed by atoms with E-state index in [1.54, 1.807) is 0 Å². The Labute approximate surface area is 136 Å². The lowest BCUT2D eigenvalue weighted by atomic mass is 10.0. The second kappa shape index (κ2) is 7.82. The molecule has 3 N–H and O–H groups in total. The van der Waals surface area contributed by atoms with Gasteiger partial charge in [0.2, 0.25) is 11.7 Å². The Kier molecular flexibility index (Phi) is 5.81. The van der Waals surface area contributed by atoms with Gasteiger partial charge in [0.25, 0.3) is 0 Å². The predicted molar refractivity (Wildman–Crippen MR) is 88.4 cm³/mol. The van der Waals surface area contributed by atoms with Crippen molar-refractivity contribution >= 4 is 5.91 Å². The van der Waals surface area contributed by atoms with Gasteiger partial charge in [-0.05, 0) is 24.5 Å². The van der Waals surface area contributed by atoms with Crippen LogP contribution in [0.4, 0.5) is 0 Å². The molecule has 0 aliphatic rings. The van der Waals surface area contributed by atoms with Crippen LogP contribution in [-0.4, -0.2) is 38.7 Å². The van der Waals surface area contributed by atoms with E-state index in [0.717, 1.165) is 12.0 Å². The largest absolute Gasteiger partial charge is 0.354 e. The first-order valence-electron chi connectivity index (χ1n) is 7.87. The Morgan fingerprint density at radius 2 is 1.96 bits per heavy atom. The fourth-order valence-electron chi connectivity index (χ4n) is 2.25. The van der Waals surface area contributed by atoms with Crippen molar-refractivity contribution in [2.24, 2.45) is 11.7 Å². The smallest absolute Gasteiger partial charge is 0.247 e. The average molecular weight is 316 g/mol. The molecule has 124 valence electrons. The number of carbonyl (C=O) groups excluding carboxylic acids is 1. The molecule has 1 heterocycles. The first-order chi connectivity index (χ1) is 11.0. The molecule has 2 unspecified atom stereocenters. The van der Waals surface area contributed by atoms with E-state index in [1.165, 1.54) is 4.80 Å². The van der Waals surface area contributed by atoms with Crippen molar-refractivity contribution < 1.29 is 4.79 Å². The Balaban J connectivity index is 2.12. The molecule has 7 heteroatoms. The summed E-state index contributed by atoms with van der Waals surface area (Å²) in [6.07, 6.45) is 0.733. The number of benzene rings is 1. The van der Waals surface area contributed by atoms with Gasteiger partial charge in [-0.3, -0.25) is 4.79 Å². The molecule has 0 spiro atoms. The van der Waals surface area contributed by atoms with Crippen LogP contribution >= 0.6 is 0 Å². The summed E-state index contributed by atoms with van der Waals surface area (Å²) < 4.78 is 0. The van der Waals surface area contributed by atoms with Gasteiger partial charge in [0.05, 0.1) is 0 Å². The van der Waals surface area contributed by atoms with Gasteiger partial charge in [-0.1, -0.05) is 44.2 Å². The third-order valence-corrected chi connectivity index (χ3v) is 3.51. The number of rotatable bonds is 7. The lowest BCUT2D eigenvalue weighted by Gasteiger charge is -2.19. The van der Waals surface area contributed by atoms with Crippen molar-refractivity contribution in [3.05, 3.63) is 30.3 Å². The van der Waals surface area contributed by atoms with E-state index in [-0.39, 0.29) is 17.9 Å². The third kappa shape index (κ3) is 4.59. The highest BCUT2D eigenvalue weighted by atomic mass is 16.2. The van der Waals surface area contributed by atoms with Gasteiger partial charge in [0.1, 0.15) is 0 Å². The zero-order chi connectivity index (χ0) is 16.8. The minimum atomic E-state index is -0.493. The van der Waals surface area contributed by atoms with Crippen LogP contribution in [0.3, 0.4) is 0 Å². The highest BCUT2D eigenvalue weighted by Gasteiger charge is 2.26. The molecule has 0 fully saturated rings. The average Bonchev–Trinajstić information content (AvgIpc) is 2.97. The molecule has 1 aromatic carbocycles. The summed E-state index contributed by atoms with van der Waals surface area (Å²) in [7, 11) is 0. The monoisotopic (exact) mass is 316 g/mol. The van der Waals surface area contributed by atoms with E-state index in [1.807, 2.05) is 51.1 Å². The first-order valence-corrected chi connectivity index (χ1v) is 7.87. The molecule has 1 aromatic heterocycles. The number of nitrogens with one attached hydrogen (secondary N) is 1. The van der Waals surface area contributed by atoms with E-state index in [9.17, 15) is 4.79 Å². The van der Waals surface area contributed by atoms with Gasteiger partial charge in [0.15, 0.2) is 6.04 Å². The Morgan fingerprint density at radius 1 is 1.26 bits per heavy atom. The number of nitrogens with two attached hydrogens (primary N) is 1. The third-order valence-electron chi connectivity index (χ3n) is 3.51. The van der Waals surface area contributed by atoms with E-state index in [2.05, 4.69) is 20.7 Å². The second-order valence-electron chi connectivity index (χ2n) is 6.05. The predicted octanol–water partition coefficient (Wildman–Crippen LogP) is 1.39. The van der Waals surface area contributed by atoms with Crippen molar-refractivity contribution in [1.29, 1.82) is 0 Å². The maximum Gasteiger partial charge on any atom is 0.247 e. The van der Waals surface area contributed by atoms with E-state index < -0.39 is 6.04 Å². The Morgan fingerprint density at radius 3 is 2.57 bits per heavy atom. The van der Waals surface area contributed by atoms with Crippen LogP contribution in [0.5, 0.6) is 0 Å². The molecular weight excluding hydrogens is 292 g/mol. The number of hydrogen-bond donors (Lipinski definition) is 2. The summed E-state index contributed by atoms with van der Waals surface area (Å²) in [5.41, 5.74) is 6.58. The number of amides is 1. The molecule has 2 aromatic rings. The Bertz CT molecular complexity index is 623. The minimum absolute atomic E-state index is 0.0446. The van der Waals surface area contributed by atoms with Crippen molar-refractivity contribution in [2.45, 2.75) is 39.3 Å². The molecule has 0 aliphatic carbocycles. The van der Waals surface area contributed by atoms with Crippen LogP contribution in [0.1, 0.15) is 33.2 Å². The number of hydrogen-bond acceptors (Lipinski definition) is 5. The van der Waals surface area contributed by atoms with Crippen LogP contribution in [-0.2, 0) is 4.79 Å². The topological polar surface area (TPSA) is 98.7 Å². The summed E-state index contributed by atoms with van der Waals surface area (Å²) in [5.74, 6) is 0.445. The summed E-state index contributed by atoms with van der Waals surface area (Å²) >= 11 is 0. The Hall–Kier alpha value is -2.28. The van der Waals surface area contributed by atoms with Gasteiger partial charge in [-0.2, -0.15) is 4.80 Å². The fraction of sp³-hybridized carbons (Fsp3) is 0.500. The molecule has 0 saturated heterocycles. The lowest BCUT2D eigenvalue weighted by molar-refractivity contribution is -0.126. The maximum atomic E-state index is 12.4. The fourth-order valence-corrected chi connectivity index (χ4v) is 2.25. The first kappa shape index (κ1) is 17.1. The minimum Gasteiger partial charge on any atom is -0.354 e. The quantitative estimate of drug-likeness (QED) is 0.804. The van der Waals surface area contributed by atoms with Crippen molar-refractivity contribution in [3.8, 4) is 11.4 Å². The number of nitrogens with zero attached hydrogens (tertiary/aromatic N) is 4. The molecule has 2 atom stereocenters. The van der Waals surface area contributed by atoms with Crippen molar-refractivity contribution in [1.82, 2.24) is 25.5 Å². The van der Waals surface area contributed by atoms with Crippen LogP contribution < -0.4 is 11.1 Å². The molecule has 7 nitrogen and oxygen atoms in total. The van der Waals surface area contributed by atoms with E-state index in [4.69, 9.17) is 5.73 Å². The van der Waals surface area contributed by atoms with Crippen molar-refractivity contribution in [3.63, 3.8) is 0 Å². The molecule has 0 radical (unpaired) electrons. The van der Waals surface area contributed by atoms with Gasteiger partial charge >= 0.3 is 0 Å². The normalized spacial score (nSPS) is 13.8. The molecule has 23 heavy (non-hydrogen) atoms. The highest BCUT2D eigenvalue weighted by Crippen LogP contribution is 2.18. The van der Waals surface area contributed by atoms with E-state index >= 15 is 0 Å². The maximum absolute atomic E-state index is 12.4. The van der Waals surface area contributed by atoms with Gasteiger partial charge in [-0.25, -0.2) is 0 Å². The van der Waals surface area contributed by atoms with Crippen LogP contribution in [0, 0.1) is 5.92 Å². The van der Waals surface area contributed by atoms with Gasteiger partial charge in [-0.15, -0.1) is 10.2 Å². The number of tetrazole rings is 1. The standard InChI is InChI=1S/C16H24N6O/c1-11(2)14(16(23)18-10-9-12(3)17)22-20-15(19-21-22)13-7-5-4-6-8-13/h4-8,11-12,14H,9-10,17H2,1-3H3,(H,18,23). The molecule has 2 rings (SSSR count). The van der Waals surface area contributed by atoms with Crippen LogP contribution in [0.25, 0.3) is 11.4 Å². The SMILES string of the molecule is CC(N)CCNC(=O)C(C(C)C)n1nnc(-c2ccccc2)n1. The number of aromatic nitrogens is 4. The van der Waals surface area contributed by atoms with Gasteiger partial charge < -0.3 is 11.1 Å². The number of carbonyl (C=O) groups is 1. The summed E-state index contributed by atoms with van der Waals surface area (Å²) in [4.78, 5) is 13.8. The zero-order valence-corrected chi connectivity index (χ0v) is 13.8. The summed E-state index contributed by atoms with van der Waals surface area (Å²) in [6.45, 7) is 6.37. The van der Waals surface area contributed by atoms with Crippen LogP contribution in [0.15, 0.2) is 30.3 Å². The van der Waals surface area contributed by atoms with Gasteiger partial charge in [0, 0.05) is 18.2 Å². The molecule has 0 aliphatic heterocycles. The van der Waals surface area contributed by atoms with E-state index in [0.29, 0.717) is 12.4 Å². The highest BCUT2D eigenvalue weighted by molar-refractivity contribution is 5.80. The van der Waals surface area contributed by atoms with Crippen LogP contribution in [0.2, 0.25) is 0 Å². The molecule has 1 amide bonds. The van der Waals surface area contributed by atoms with Crippen molar-refractivity contribution in [2.75, 3.05) is 6.54 Å². The summed E-state index contributed by atoms with van der Waals surface area (Å²) in [5, 5.41) is 15.4.